The van der Waals surface area contributed by atoms with Gasteiger partial charge in [-0.2, -0.15) is 0 Å². The van der Waals surface area contributed by atoms with Gasteiger partial charge in [-0.3, -0.25) is 29.3 Å². The Bertz CT molecular complexity index is 778. The van der Waals surface area contributed by atoms with E-state index in [-0.39, 0.29) is 11.8 Å². The fourth-order valence-electron chi connectivity index (χ4n) is 5.54. The molecule has 2 fully saturated rings. The summed E-state index contributed by atoms with van der Waals surface area (Å²) in [5.41, 5.74) is 7.91. The molecule has 0 radical (unpaired) electrons. The topological polar surface area (TPSA) is 89.2 Å². The smallest absolute Gasteiger partial charge is 0.236 e. The van der Waals surface area contributed by atoms with Crippen LogP contribution >= 0.6 is 0 Å². The number of nitrogens with two attached hydrogens (primary N) is 1. The first-order chi connectivity index (χ1) is 17.6. The maximum absolute atomic E-state index is 13.0. The summed E-state index contributed by atoms with van der Waals surface area (Å²) in [6.45, 7) is 10.4. The molecule has 0 aliphatic carbocycles. The largest absolute Gasteiger partial charge is 0.342 e. The molecule has 0 spiro atoms. The van der Waals surface area contributed by atoms with Crippen molar-refractivity contribution in [2.45, 2.75) is 51.6 Å². The van der Waals surface area contributed by atoms with Crippen LogP contribution < -0.4 is 5.73 Å². The minimum atomic E-state index is 0.228. The van der Waals surface area contributed by atoms with Crippen LogP contribution in [0, 0.1) is 0 Å². The number of hydrogen-bond acceptors (Lipinski definition) is 7. The Morgan fingerprint density at radius 3 is 1.56 bits per heavy atom. The molecule has 1 aromatic rings. The Labute approximate surface area is 216 Å². The zero-order valence-electron chi connectivity index (χ0n) is 22.0. The quantitative estimate of drug-likeness (QED) is 0.624. The maximum atomic E-state index is 13.0. The fraction of sp³-hybridized carbons (Fsp3) is 0.741. The van der Waals surface area contributed by atoms with Crippen LogP contribution in [0.3, 0.4) is 0 Å². The van der Waals surface area contributed by atoms with E-state index in [0.29, 0.717) is 32.7 Å². The zero-order valence-corrected chi connectivity index (χ0v) is 22.0. The lowest BCUT2D eigenvalue weighted by atomic mass is 10.1. The van der Waals surface area contributed by atoms with Gasteiger partial charge in [0.15, 0.2) is 0 Å². The van der Waals surface area contributed by atoms with E-state index in [1.807, 2.05) is 9.80 Å². The van der Waals surface area contributed by atoms with Gasteiger partial charge in [0.25, 0.3) is 0 Å². The minimum absolute atomic E-state index is 0.228. The van der Waals surface area contributed by atoms with Crippen molar-refractivity contribution in [3.63, 3.8) is 0 Å². The number of pyridine rings is 1. The lowest BCUT2D eigenvalue weighted by Crippen LogP contribution is -2.47. The van der Waals surface area contributed by atoms with Crippen molar-refractivity contribution < 1.29 is 9.59 Å². The van der Waals surface area contributed by atoms with Gasteiger partial charge in [-0.05, 0) is 50.7 Å². The molecule has 1 aromatic heterocycles. The van der Waals surface area contributed by atoms with Gasteiger partial charge in [0.1, 0.15) is 0 Å². The number of amides is 2. The van der Waals surface area contributed by atoms with E-state index in [0.717, 1.165) is 96.0 Å². The second kappa shape index (κ2) is 14.0. The van der Waals surface area contributed by atoms with Crippen LogP contribution in [0.25, 0.3) is 0 Å². The fourth-order valence-corrected chi connectivity index (χ4v) is 5.54. The first kappa shape index (κ1) is 27.0. The van der Waals surface area contributed by atoms with Crippen LogP contribution in [0.5, 0.6) is 0 Å². The molecule has 3 aliphatic rings. The SMILES string of the molecule is NCCN1CCN(CC(=O)N2CCCCC2)Cc2cccc(n2)CN(CC(=O)N2CCCCC2)CC1. The normalized spacial score (nSPS) is 21.6. The summed E-state index contributed by atoms with van der Waals surface area (Å²) in [5.74, 6) is 0.455. The molecule has 3 aliphatic heterocycles. The minimum Gasteiger partial charge on any atom is -0.342 e. The molecule has 4 heterocycles. The number of likely N-dealkylation sites (tertiary alicyclic amines) is 2. The van der Waals surface area contributed by atoms with Crippen LogP contribution in [0.2, 0.25) is 0 Å². The molecule has 4 rings (SSSR count). The Morgan fingerprint density at radius 1 is 0.667 bits per heavy atom. The second-order valence-electron chi connectivity index (χ2n) is 10.6. The highest BCUT2D eigenvalue weighted by Crippen LogP contribution is 2.14. The van der Waals surface area contributed by atoms with Crippen LogP contribution in [0.4, 0.5) is 0 Å². The molecule has 2 bridgehead atoms. The number of carbonyl (C=O) groups is 2. The van der Waals surface area contributed by atoms with Crippen molar-refractivity contribution in [3.8, 4) is 0 Å². The number of piperidine rings is 2. The lowest BCUT2D eigenvalue weighted by molar-refractivity contribution is -0.134. The van der Waals surface area contributed by atoms with Crippen molar-refractivity contribution >= 4 is 11.8 Å². The van der Waals surface area contributed by atoms with Gasteiger partial charge in [0, 0.05) is 78.5 Å². The van der Waals surface area contributed by atoms with Gasteiger partial charge in [0.2, 0.25) is 11.8 Å². The van der Waals surface area contributed by atoms with Crippen LogP contribution in [0.1, 0.15) is 49.9 Å². The zero-order chi connectivity index (χ0) is 25.2. The summed E-state index contributed by atoms with van der Waals surface area (Å²) in [5, 5.41) is 0. The summed E-state index contributed by atoms with van der Waals surface area (Å²) in [7, 11) is 0. The molecule has 36 heavy (non-hydrogen) atoms. The third-order valence-corrected chi connectivity index (χ3v) is 7.68. The Balaban J connectivity index is 1.46. The Kier molecular flexibility index (Phi) is 10.5. The molecule has 0 atom stereocenters. The van der Waals surface area contributed by atoms with Crippen LogP contribution in [0.15, 0.2) is 18.2 Å². The van der Waals surface area contributed by atoms with Gasteiger partial charge < -0.3 is 15.5 Å². The predicted octanol–water partition coefficient (Wildman–Crippen LogP) is 0.985. The van der Waals surface area contributed by atoms with Gasteiger partial charge in [-0.25, -0.2) is 0 Å². The highest BCUT2D eigenvalue weighted by Gasteiger charge is 2.23. The average molecular weight is 500 g/mol. The molecule has 9 nitrogen and oxygen atoms in total. The molecular formula is C27H45N7O2. The van der Waals surface area contributed by atoms with E-state index < -0.39 is 0 Å². The third-order valence-electron chi connectivity index (χ3n) is 7.68. The molecule has 2 N–H and O–H groups in total. The summed E-state index contributed by atoms with van der Waals surface area (Å²) in [4.78, 5) is 41.9. The van der Waals surface area contributed by atoms with Crippen molar-refractivity contribution in [2.24, 2.45) is 5.73 Å². The van der Waals surface area contributed by atoms with Gasteiger partial charge in [-0.1, -0.05) is 6.07 Å². The molecule has 0 saturated carbocycles. The van der Waals surface area contributed by atoms with Crippen LogP contribution in [-0.4, -0.2) is 120 Å². The number of aromatic nitrogens is 1. The summed E-state index contributed by atoms with van der Waals surface area (Å²) < 4.78 is 0. The van der Waals surface area contributed by atoms with Gasteiger partial charge in [-0.15, -0.1) is 0 Å². The number of carbonyl (C=O) groups excluding carboxylic acids is 2. The summed E-state index contributed by atoms with van der Waals surface area (Å²) in [6.07, 6.45) is 6.87. The molecule has 0 aromatic carbocycles. The van der Waals surface area contributed by atoms with Crippen molar-refractivity contribution in [1.82, 2.24) is 29.5 Å². The van der Waals surface area contributed by atoms with Gasteiger partial charge in [0.05, 0.1) is 24.5 Å². The number of nitrogens with zero attached hydrogens (tertiary/aromatic N) is 6. The Morgan fingerprint density at radius 2 is 1.11 bits per heavy atom. The molecule has 9 heteroatoms. The van der Waals surface area contributed by atoms with E-state index in [1.54, 1.807) is 0 Å². The first-order valence-corrected chi connectivity index (χ1v) is 14.0. The van der Waals surface area contributed by atoms with Crippen molar-refractivity contribution in [2.75, 3.05) is 78.5 Å². The number of rotatable bonds is 6. The molecule has 0 unspecified atom stereocenters. The molecular weight excluding hydrogens is 454 g/mol. The summed E-state index contributed by atoms with van der Waals surface area (Å²) >= 11 is 0. The van der Waals surface area contributed by atoms with Crippen LogP contribution in [-0.2, 0) is 22.7 Å². The van der Waals surface area contributed by atoms with E-state index >= 15 is 0 Å². The first-order valence-electron chi connectivity index (χ1n) is 14.0. The maximum Gasteiger partial charge on any atom is 0.236 e. The summed E-state index contributed by atoms with van der Waals surface area (Å²) in [6, 6.07) is 6.16. The predicted molar refractivity (Wildman–Crippen MR) is 141 cm³/mol. The van der Waals surface area contributed by atoms with Crippen molar-refractivity contribution in [1.29, 1.82) is 0 Å². The Hall–Kier alpha value is -2.07. The van der Waals surface area contributed by atoms with E-state index in [4.69, 9.17) is 10.7 Å². The number of fused-ring (bicyclic) bond motifs is 2. The number of hydrogen-bond donors (Lipinski definition) is 1. The lowest BCUT2D eigenvalue weighted by Gasteiger charge is -2.33. The van der Waals surface area contributed by atoms with E-state index in [2.05, 4.69) is 32.9 Å². The van der Waals surface area contributed by atoms with Gasteiger partial charge >= 0.3 is 0 Å². The van der Waals surface area contributed by atoms with Crippen molar-refractivity contribution in [3.05, 3.63) is 29.6 Å². The average Bonchev–Trinajstić information content (AvgIpc) is 2.90. The molecule has 2 amide bonds. The highest BCUT2D eigenvalue weighted by molar-refractivity contribution is 5.78. The highest BCUT2D eigenvalue weighted by atomic mass is 16.2. The third kappa shape index (κ3) is 8.23. The van der Waals surface area contributed by atoms with E-state index in [9.17, 15) is 9.59 Å². The second-order valence-corrected chi connectivity index (χ2v) is 10.6. The standard InChI is InChI=1S/C27H45N7O2/c28-10-15-30-16-18-31(22-26(35)33-11-3-1-4-12-33)20-24-8-7-9-25(29-24)21-32(19-17-30)23-27(36)34-13-5-2-6-14-34/h7-9H,1-6,10-23,28H2. The molecule has 200 valence electrons. The molecule has 2 saturated heterocycles. The monoisotopic (exact) mass is 499 g/mol. The van der Waals surface area contributed by atoms with E-state index in [1.165, 1.54) is 12.8 Å².